The molecule has 7 heteroatoms. The molecule has 0 saturated heterocycles. The van der Waals surface area contributed by atoms with Crippen LogP contribution in [0.3, 0.4) is 0 Å². The van der Waals surface area contributed by atoms with Gasteiger partial charge in [-0.15, -0.1) is 5.10 Å². The minimum absolute atomic E-state index is 0.0368. The number of benzene rings is 1. The molecule has 88 valence electrons. The molecule has 1 amide bonds. The van der Waals surface area contributed by atoms with E-state index in [1.807, 2.05) is 0 Å². The Labute approximate surface area is 101 Å². The molecule has 17 heavy (non-hydrogen) atoms. The number of hydrogen-bond donors (Lipinski definition) is 2. The highest BCUT2D eigenvalue weighted by molar-refractivity contribution is 6.34. The Morgan fingerprint density at radius 2 is 2.29 bits per heavy atom. The summed E-state index contributed by atoms with van der Waals surface area (Å²) in [6, 6.07) is 3.52. The van der Waals surface area contributed by atoms with Crippen LogP contribution in [0.2, 0.25) is 5.02 Å². The number of carbonyl (C=O) groups excluding carboxylic acids is 1. The van der Waals surface area contributed by atoms with Crippen LogP contribution < -0.4 is 5.32 Å². The molecular weight excluding hydrogens is 247 g/mol. The zero-order chi connectivity index (χ0) is 12.4. The Balaban J connectivity index is 2.20. The van der Waals surface area contributed by atoms with Crippen molar-refractivity contribution in [3.8, 4) is 0 Å². The molecule has 1 heterocycles. The van der Waals surface area contributed by atoms with Crippen molar-refractivity contribution in [2.75, 3.05) is 5.32 Å². The molecule has 0 atom stereocenters. The summed E-state index contributed by atoms with van der Waals surface area (Å²) in [7, 11) is 0. The summed E-state index contributed by atoms with van der Waals surface area (Å²) in [5, 5.41) is 8.80. The fourth-order valence-electron chi connectivity index (χ4n) is 1.24. The van der Waals surface area contributed by atoms with E-state index in [4.69, 9.17) is 11.6 Å². The van der Waals surface area contributed by atoms with E-state index in [-0.39, 0.29) is 16.5 Å². The van der Waals surface area contributed by atoms with E-state index in [1.165, 1.54) is 6.07 Å². The zero-order valence-electron chi connectivity index (χ0n) is 8.79. The fourth-order valence-corrected chi connectivity index (χ4v) is 1.49. The number of aromatic amines is 1. The third kappa shape index (κ3) is 2.59. The standard InChI is InChI=1S/C10H8ClFN4O/c1-5-13-10(16-15-5)14-9(17)7-3-2-6(12)4-8(7)11/h2-4H,1H3,(H2,13,14,15,16,17). The van der Waals surface area contributed by atoms with Crippen LogP contribution in [0.5, 0.6) is 0 Å². The molecule has 0 aliphatic rings. The van der Waals surface area contributed by atoms with Gasteiger partial charge in [0.2, 0.25) is 5.95 Å². The molecule has 0 bridgehead atoms. The van der Waals surface area contributed by atoms with Crippen molar-refractivity contribution in [3.05, 3.63) is 40.4 Å². The lowest BCUT2D eigenvalue weighted by molar-refractivity contribution is 0.102. The van der Waals surface area contributed by atoms with Crippen molar-refractivity contribution in [3.63, 3.8) is 0 Å². The van der Waals surface area contributed by atoms with E-state index in [9.17, 15) is 9.18 Å². The van der Waals surface area contributed by atoms with Crippen LogP contribution in [0.1, 0.15) is 16.2 Å². The lowest BCUT2D eigenvalue weighted by Gasteiger charge is -2.03. The number of aromatic nitrogens is 3. The van der Waals surface area contributed by atoms with Gasteiger partial charge < -0.3 is 0 Å². The molecule has 2 rings (SSSR count). The van der Waals surface area contributed by atoms with Crippen molar-refractivity contribution in [2.45, 2.75) is 6.92 Å². The van der Waals surface area contributed by atoms with Gasteiger partial charge in [-0.3, -0.25) is 15.2 Å². The lowest BCUT2D eigenvalue weighted by Crippen LogP contribution is -2.13. The van der Waals surface area contributed by atoms with E-state index < -0.39 is 11.7 Å². The summed E-state index contributed by atoms with van der Waals surface area (Å²) in [5.74, 6) is -0.271. The summed E-state index contributed by atoms with van der Waals surface area (Å²) in [6.45, 7) is 1.70. The summed E-state index contributed by atoms with van der Waals surface area (Å²) in [5.41, 5.74) is 0.163. The Morgan fingerprint density at radius 1 is 1.53 bits per heavy atom. The van der Waals surface area contributed by atoms with Crippen molar-refractivity contribution in [2.24, 2.45) is 0 Å². The van der Waals surface area contributed by atoms with Crippen LogP contribution in [0.15, 0.2) is 18.2 Å². The second kappa shape index (κ2) is 4.50. The maximum atomic E-state index is 12.8. The summed E-state index contributed by atoms with van der Waals surface area (Å²) in [6.07, 6.45) is 0. The maximum absolute atomic E-state index is 12.8. The van der Waals surface area contributed by atoms with E-state index >= 15 is 0 Å². The lowest BCUT2D eigenvalue weighted by atomic mass is 10.2. The maximum Gasteiger partial charge on any atom is 0.259 e. The van der Waals surface area contributed by atoms with Gasteiger partial charge in [0, 0.05) is 0 Å². The van der Waals surface area contributed by atoms with Crippen molar-refractivity contribution in [1.29, 1.82) is 0 Å². The first-order valence-electron chi connectivity index (χ1n) is 4.71. The van der Waals surface area contributed by atoms with Crippen LogP contribution >= 0.6 is 11.6 Å². The number of carbonyl (C=O) groups is 1. The number of rotatable bonds is 2. The largest absolute Gasteiger partial charge is 0.289 e. The predicted octanol–water partition coefficient (Wildman–Crippen LogP) is 2.16. The molecule has 0 aliphatic heterocycles. The van der Waals surface area contributed by atoms with Gasteiger partial charge in [0.15, 0.2) is 0 Å². The van der Waals surface area contributed by atoms with E-state index in [2.05, 4.69) is 20.5 Å². The monoisotopic (exact) mass is 254 g/mol. The molecule has 1 aromatic heterocycles. The van der Waals surface area contributed by atoms with Gasteiger partial charge in [0.05, 0.1) is 10.6 Å². The quantitative estimate of drug-likeness (QED) is 0.863. The Bertz CT molecular complexity index is 569. The second-order valence-corrected chi connectivity index (χ2v) is 3.73. The molecule has 2 N–H and O–H groups in total. The topological polar surface area (TPSA) is 70.7 Å². The minimum atomic E-state index is -0.500. The van der Waals surface area contributed by atoms with Gasteiger partial charge >= 0.3 is 0 Å². The Kier molecular flexibility index (Phi) is 3.06. The van der Waals surface area contributed by atoms with Crippen molar-refractivity contribution >= 4 is 23.5 Å². The first-order chi connectivity index (χ1) is 8.06. The third-order valence-corrected chi connectivity index (χ3v) is 2.31. The summed E-state index contributed by atoms with van der Waals surface area (Å²) in [4.78, 5) is 15.7. The molecule has 0 aliphatic carbocycles. The van der Waals surface area contributed by atoms with Crippen molar-refractivity contribution < 1.29 is 9.18 Å². The number of hydrogen-bond acceptors (Lipinski definition) is 3. The SMILES string of the molecule is Cc1nc(NC(=O)c2ccc(F)cc2Cl)n[nH]1. The molecule has 5 nitrogen and oxygen atoms in total. The first kappa shape index (κ1) is 11.5. The molecular formula is C10H8ClFN4O. The average molecular weight is 255 g/mol. The zero-order valence-corrected chi connectivity index (χ0v) is 9.55. The van der Waals surface area contributed by atoms with Crippen LogP contribution in [0.25, 0.3) is 0 Å². The molecule has 0 fully saturated rings. The van der Waals surface area contributed by atoms with Crippen LogP contribution in [0, 0.1) is 12.7 Å². The van der Waals surface area contributed by atoms with Gasteiger partial charge in [-0.1, -0.05) is 11.6 Å². The third-order valence-electron chi connectivity index (χ3n) is 2.00. The molecule has 0 saturated carbocycles. The van der Waals surface area contributed by atoms with Crippen LogP contribution in [-0.4, -0.2) is 21.1 Å². The van der Waals surface area contributed by atoms with Crippen molar-refractivity contribution in [1.82, 2.24) is 15.2 Å². The van der Waals surface area contributed by atoms with Gasteiger partial charge in [0.1, 0.15) is 11.6 Å². The minimum Gasteiger partial charge on any atom is -0.289 e. The second-order valence-electron chi connectivity index (χ2n) is 3.32. The van der Waals surface area contributed by atoms with Gasteiger partial charge in [-0.25, -0.2) is 4.39 Å². The summed E-state index contributed by atoms with van der Waals surface area (Å²) < 4.78 is 12.8. The van der Waals surface area contributed by atoms with Crippen LogP contribution in [-0.2, 0) is 0 Å². The number of anilines is 1. The van der Waals surface area contributed by atoms with Gasteiger partial charge in [0.25, 0.3) is 5.91 Å². The Morgan fingerprint density at radius 3 is 2.88 bits per heavy atom. The normalized spacial score (nSPS) is 10.3. The van der Waals surface area contributed by atoms with Crippen LogP contribution in [0.4, 0.5) is 10.3 Å². The number of amides is 1. The van der Waals surface area contributed by atoms with Gasteiger partial charge in [-0.2, -0.15) is 4.98 Å². The van der Waals surface area contributed by atoms with E-state index in [0.29, 0.717) is 5.82 Å². The number of nitrogens with zero attached hydrogens (tertiary/aromatic N) is 2. The molecule has 0 unspecified atom stereocenters. The first-order valence-corrected chi connectivity index (χ1v) is 5.09. The predicted molar refractivity (Wildman–Crippen MR) is 60.5 cm³/mol. The highest BCUT2D eigenvalue weighted by Gasteiger charge is 2.13. The molecule has 1 aromatic carbocycles. The molecule has 2 aromatic rings. The van der Waals surface area contributed by atoms with E-state index in [1.54, 1.807) is 6.92 Å². The number of halogens is 2. The van der Waals surface area contributed by atoms with Gasteiger partial charge in [-0.05, 0) is 25.1 Å². The summed E-state index contributed by atoms with van der Waals surface area (Å²) >= 11 is 5.75. The number of nitrogens with one attached hydrogen (secondary N) is 2. The molecule has 0 radical (unpaired) electrons. The number of H-pyrrole nitrogens is 1. The molecule has 0 spiro atoms. The number of aryl methyl sites for hydroxylation is 1. The average Bonchev–Trinajstić information content (AvgIpc) is 2.63. The smallest absolute Gasteiger partial charge is 0.259 e. The highest BCUT2D eigenvalue weighted by Crippen LogP contribution is 2.18. The Hall–Kier alpha value is -1.95. The van der Waals surface area contributed by atoms with E-state index in [0.717, 1.165) is 12.1 Å². The fraction of sp³-hybridized carbons (Fsp3) is 0.100. The highest BCUT2D eigenvalue weighted by atomic mass is 35.5.